The lowest BCUT2D eigenvalue weighted by atomic mass is 9.74. The SMILES string of the molecule is Cc1ccccc1C1CC(NCCn2cccn2)C1. The zero-order chi connectivity index (χ0) is 13.1. The van der Waals surface area contributed by atoms with Gasteiger partial charge in [-0.05, 0) is 42.9 Å². The van der Waals surface area contributed by atoms with Gasteiger partial charge in [-0.2, -0.15) is 5.10 Å². The first-order valence-electron chi connectivity index (χ1n) is 7.09. The van der Waals surface area contributed by atoms with Crippen LogP contribution in [0.3, 0.4) is 0 Å². The van der Waals surface area contributed by atoms with Crippen LogP contribution in [-0.4, -0.2) is 22.4 Å². The van der Waals surface area contributed by atoms with E-state index in [0.717, 1.165) is 19.0 Å². The maximum atomic E-state index is 4.21. The first-order chi connectivity index (χ1) is 9.33. The molecule has 1 aliphatic rings. The molecule has 19 heavy (non-hydrogen) atoms. The van der Waals surface area contributed by atoms with Crippen molar-refractivity contribution in [3.05, 3.63) is 53.9 Å². The molecule has 1 fully saturated rings. The Labute approximate surface area is 114 Å². The van der Waals surface area contributed by atoms with Crippen LogP contribution in [0.5, 0.6) is 0 Å². The van der Waals surface area contributed by atoms with Crippen LogP contribution >= 0.6 is 0 Å². The Morgan fingerprint density at radius 1 is 1.26 bits per heavy atom. The Hall–Kier alpha value is -1.61. The maximum absolute atomic E-state index is 4.21. The lowest BCUT2D eigenvalue weighted by Crippen LogP contribution is -2.41. The van der Waals surface area contributed by atoms with E-state index in [-0.39, 0.29) is 0 Å². The van der Waals surface area contributed by atoms with Crippen LogP contribution in [0.4, 0.5) is 0 Å². The Balaban J connectivity index is 1.42. The highest BCUT2D eigenvalue weighted by Gasteiger charge is 2.30. The highest BCUT2D eigenvalue weighted by molar-refractivity contribution is 5.31. The van der Waals surface area contributed by atoms with E-state index in [1.54, 1.807) is 0 Å². The summed E-state index contributed by atoms with van der Waals surface area (Å²) in [5.41, 5.74) is 2.97. The largest absolute Gasteiger partial charge is 0.312 e. The molecule has 1 N–H and O–H groups in total. The average Bonchev–Trinajstić information content (AvgIpc) is 2.87. The third-order valence-corrected chi connectivity index (χ3v) is 4.10. The van der Waals surface area contributed by atoms with E-state index in [0.29, 0.717) is 6.04 Å². The third-order valence-electron chi connectivity index (χ3n) is 4.10. The molecule has 0 spiro atoms. The van der Waals surface area contributed by atoms with Gasteiger partial charge in [0.2, 0.25) is 0 Å². The van der Waals surface area contributed by atoms with Gasteiger partial charge in [0, 0.05) is 25.0 Å². The minimum Gasteiger partial charge on any atom is -0.312 e. The number of aryl methyl sites for hydroxylation is 1. The molecule has 3 heteroatoms. The van der Waals surface area contributed by atoms with Crippen LogP contribution in [0.25, 0.3) is 0 Å². The molecule has 0 bridgehead atoms. The zero-order valence-corrected chi connectivity index (χ0v) is 11.4. The zero-order valence-electron chi connectivity index (χ0n) is 11.4. The predicted octanol–water partition coefficient (Wildman–Crippen LogP) is 2.73. The number of nitrogens with zero attached hydrogens (tertiary/aromatic N) is 2. The Morgan fingerprint density at radius 2 is 2.11 bits per heavy atom. The molecular weight excluding hydrogens is 234 g/mol. The molecule has 0 amide bonds. The van der Waals surface area contributed by atoms with Crippen molar-refractivity contribution in [3.8, 4) is 0 Å². The first kappa shape index (κ1) is 12.4. The van der Waals surface area contributed by atoms with E-state index < -0.39 is 0 Å². The second-order valence-corrected chi connectivity index (χ2v) is 5.45. The number of benzene rings is 1. The molecule has 1 aliphatic carbocycles. The van der Waals surface area contributed by atoms with Crippen molar-refractivity contribution in [1.29, 1.82) is 0 Å². The first-order valence-corrected chi connectivity index (χ1v) is 7.09. The van der Waals surface area contributed by atoms with Crippen LogP contribution in [0, 0.1) is 6.92 Å². The summed E-state index contributed by atoms with van der Waals surface area (Å²) >= 11 is 0. The lowest BCUT2D eigenvalue weighted by Gasteiger charge is -2.37. The van der Waals surface area contributed by atoms with Crippen molar-refractivity contribution in [2.75, 3.05) is 6.54 Å². The summed E-state index contributed by atoms with van der Waals surface area (Å²) in [6, 6.07) is 11.4. The number of aromatic nitrogens is 2. The molecule has 0 unspecified atom stereocenters. The maximum Gasteiger partial charge on any atom is 0.0534 e. The molecule has 1 saturated carbocycles. The van der Waals surface area contributed by atoms with E-state index >= 15 is 0 Å². The summed E-state index contributed by atoms with van der Waals surface area (Å²) < 4.78 is 1.98. The van der Waals surface area contributed by atoms with Crippen LogP contribution < -0.4 is 5.32 Å². The molecule has 1 aromatic heterocycles. The molecule has 0 radical (unpaired) electrons. The van der Waals surface area contributed by atoms with Gasteiger partial charge in [0.1, 0.15) is 0 Å². The predicted molar refractivity (Wildman–Crippen MR) is 77.2 cm³/mol. The van der Waals surface area contributed by atoms with Crippen LogP contribution in [-0.2, 0) is 6.54 Å². The van der Waals surface area contributed by atoms with Crippen molar-refractivity contribution in [1.82, 2.24) is 15.1 Å². The Bertz CT molecular complexity index is 513. The van der Waals surface area contributed by atoms with E-state index in [2.05, 4.69) is 41.6 Å². The van der Waals surface area contributed by atoms with Gasteiger partial charge >= 0.3 is 0 Å². The quantitative estimate of drug-likeness (QED) is 0.890. The molecule has 3 rings (SSSR count). The van der Waals surface area contributed by atoms with Crippen molar-refractivity contribution < 1.29 is 0 Å². The average molecular weight is 255 g/mol. The Kier molecular flexibility index (Phi) is 3.65. The van der Waals surface area contributed by atoms with Gasteiger partial charge in [-0.1, -0.05) is 24.3 Å². The van der Waals surface area contributed by atoms with E-state index in [1.807, 2.05) is 23.1 Å². The van der Waals surface area contributed by atoms with Gasteiger partial charge in [-0.15, -0.1) is 0 Å². The molecule has 0 atom stereocenters. The summed E-state index contributed by atoms with van der Waals surface area (Å²) in [7, 11) is 0. The van der Waals surface area contributed by atoms with Gasteiger partial charge in [0.25, 0.3) is 0 Å². The smallest absolute Gasteiger partial charge is 0.0534 e. The van der Waals surface area contributed by atoms with Gasteiger partial charge in [0.05, 0.1) is 6.54 Å². The summed E-state index contributed by atoms with van der Waals surface area (Å²) in [5, 5.41) is 7.82. The summed E-state index contributed by atoms with van der Waals surface area (Å²) in [4.78, 5) is 0. The Morgan fingerprint density at radius 3 is 2.84 bits per heavy atom. The van der Waals surface area contributed by atoms with Gasteiger partial charge in [-0.3, -0.25) is 4.68 Å². The van der Waals surface area contributed by atoms with Gasteiger partial charge < -0.3 is 5.32 Å². The monoisotopic (exact) mass is 255 g/mol. The van der Waals surface area contributed by atoms with Gasteiger partial charge in [-0.25, -0.2) is 0 Å². The molecule has 0 saturated heterocycles. The van der Waals surface area contributed by atoms with Crippen molar-refractivity contribution in [3.63, 3.8) is 0 Å². The van der Waals surface area contributed by atoms with E-state index in [1.165, 1.54) is 24.0 Å². The topological polar surface area (TPSA) is 29.9 Å². The van der Waals surface area contributed by atoms with E-state index in [9.17, 15) is 0 Å². The minimum absolute atomic E-state index is 0.681. The van der Waals surface area contributed by atoms with Crippen LogP contribution in [0.2, 0.25) is 0 Å². The highest BCUT2D eigenvalue weighted by Crippen LogP contribution is 2.38. The van der Waals surface area contributed by atoms with Crippen molar-refractivity contribution in [2.24, 2.45) is 0 Å². The highest BCUT2D eigenvalue weighted by atomic mass is 15.3. The summed E-state index contributed by atoms with van der Waals surface area (Å²) in [6.07, 6.45) is 6.38. The molecule has 0 aliphatic heterocycles. The van der Waals surface area contributed by atoms with Crippen molar-refractivity contribution >= 4 is 0 Å². The minimum atomic E-state index is 0.681. The van der Waals surface area contributed by atoms with E-state index in [4.69, 9.17) is 0 Å². The number of hydrogen-bond acceptors (Lipinski definition) is 2. The van der Waals surface area contributed by atoms with Gasteiger partial charge in [0.15, 0.2) is 0 Å². The number of rotatable bonds is 5. The standard InChI is InChI=1S/C16H21N3/c1-13-5-2-3-6-16(13)14-11-15(12-14)17-8-10-19-9-4-7-18-19/h2-7,9,14-15,17H,8,10-12H2,1H3. The number of nitrogens with one attached hydrogen (secondary N) is 1. The van der Waals surface area contributed by atoms with Crippen LogP contribution in [0.15, 0.2) is 42.7 Å². The molecule has 1 aromatic carbocycles. The lowest BCUT2D eigenvalue weighted by molar-refractivity contribution is 0.286. The second kappa shape index (κ2) is 5.57. The summed E-state index contributed by atoms with van der Waals surface area (Å²) in [6.45, 7) is 4.18. The fourth-order valence-corrected chi connectivity index (χ4v) is 2.90. The fraction of sp³-hybridized carbons (Fsp3) is 0.438. The fourth-order valence-electron chi connectivity index (χ4n) is 2.90. The molecule has 1 heterocycles. The second-order valence-electron chi connectivity index (χ2n) is 5.45. The molecular formula is C16H21N3. The molecule has 100 valence electrons. The molecule has 2 aromatic rings. The summed E-state index contributed by atoms with van der Waals surface area (Å²) in [5.74, 6) is 0.753. The molecule has 3 nitrogen and oxygen atoms in total. The van der Waals surface area contributed by atoms with Crippen molar-refractivity contribution in [2.45, 2.75) is 38.3 Å². The van der Waals surface area contributed by atoms with Crippen LogP contribution in [0.1, 0.15) is 29.9 Å². The normalized spacial score (nSPS) is 22.2. The number of hydrogen-bond donors (Lipinski definition) is 1. The third kappa shape index (κ3) is 2.87.